The van der Waals surface area contributed by atoms with Crippen LogP contribution in [0.2, 0.25) is 0 Å². The summed E-state index contributed by atoms with van der Waals surface area (Å²) >= 11 is 0. The maximum absolute atomic E-state index is 13.2. The number of hydrogen-bond acceptors (Lipinski definition) is 3. The summed E-state index contributed by atoms with van der Waals surface area (Å²) in [7, 11) is 0. The fourth-order valence-corrected chi connectivity index (χ4v) is 3.86. The Kier molecular flexibility index (Phi) is 6.06. The van der Waals surface area contributed by atoms with Gasteiger partial charge in [-0.15, -0.1) is 0 Å². The van der Waals surface area contributed by atoms with Gasteiger partial charge in [0.05, 0.1) is 23.7 Å². The maximum atomic E-state index is 13.2. The van der Waals surface area contributed by atoms with Gasteiger partial charge in [0.1, 0.15) is 6.61 Å². The molecule has 33 heavy (non-hydrogen) atoms. The van der Waals surface area contributed by atoms with Crippen LogP contribution < -0.4 is 5.32 Å². The molecule has 0 radical (unpaired) electrons. The van der Waals surface area contributed by atoms with Gasteiger partial charge in [0, 0.05) is 11.5 Å². The Morgan fingerprint density at radius 2 is 1.64 bits per heavy atom. The van der Waals surface area contributed by atoms with Crippen molar-refractivity contribution in [3.63, 3.8) is 0 Å². The van der Waals surface area contributed by atoms with E-state index in [9.17, 15) is 18.0 Å². The zero-order valence-corrected chi connectivity index (χ0v) is 17.2. The van der Waals surface area contributed by atoms with Gasteiger partial charge >= 0.3 is 12.3 Å². The van der Waals surface area contributed by atoms with Crippen molar-refractivity contribution < 1.29 is 22.7 Å². The molecule has 4 nitrogen and oxygen atoms in total. The smallest absolute Gasteiger partial charge is 0.417 e. The van der Waals surface area contributed by atoms with Crippen LogP contribution in [0.4, 0.5) is 18.0 Å². The molecular weight excluding hydrogens is 429 g/mol. The summed E-state index contributed by atoms with van der Waals surface area (Å²) in [5, 5.41) is 11.3. The topological polar surface area (TPSA) is 62.1 Å². The van der Waals surface area contributed by atoms with E-state index in [2.05, 4.69) is 17.2 Å². The highest BCUT2D eigenvalue weighted by atomic mass is 19.4. The van der Waals surface area contributed by atoms with E-state index in [0.717, 1.165) is 34.4 Å². The largest absolute Gasteiger partial charge is 0.449 e. The summed E-state index contributed by atoms with van der Waals surface area (Å²) in [5.74, 6) is 4.80. The molecule has 1 aliphatic carbocycles. The first-order valence-corrected chi connectivity index (χ1v) is 10.1. The van der Waals surface area contributed by atoms with Crippen molar-refractivity contribution in [3.8, 4) is 29.0 Å². The first-order chi connectivity index (χ1) is 15.9. The lowest BCUT2D eigenvalue weighted by molar-refractivity contribution is -0.137. The summed E-state index contributed by atoms with van der Waals surface area (Å²) in [5.41, 5.74) is 3.00. The summed E-state index contributed by atoms with van der Waals surface area (Å²) in [4.78, 5) is 12.1. The molecule has 0 atom stereocenters. The number of halogens is 3. The number of benzene rings is 3. The van der Waals surface area contributed by atoms with Gasteiger partial charge in [0.25, 0.3) is 0 Å². The minimum Gasteiger partial charge on any atom is -0.449 e. The van der Waals surface area contributed by atoms with Gasteiger partial charge in [-0.1, -0.05) is 60.4 Å². The number of nitrogens with zero attached hydrogens (tertiary/aromatic N) is 1. The molecule has 0 saturated heterocycles. The zero-order chi connectivity index (χ0) is 23.4. The molecular formula is C26H17F3N2O2. The average Bonchev–Trinajstić information content (AvgIpc) is 3.13. The second kappa shape index (κ2) is 9.10. The lowest BCUT2D eigenvalue weighted by Crippen LogP contribution is -2.26. The molecule has 0 saturated carbocycles. The van der Waals surface area contributed by atoms with Crippen LogP contribution in [0.5, 0.6) is 0 Å². The van der Waals surface area contributed by atoms with Crippen LogP contribution in [0.1, 0.15) is 33.7 Å². The van der Waals surface area contributed by atoms with Crippen molar-refractivity contribution in [2.45, 2.75) is 12.1 Å². The van der Waals surface area contributed by atoms with Crippen molar-refractivity contribution in [3.05, 3.63) is 94.5 Å². The van der Waals surface area contributed by atoms with Crippen LogP contribution in [-0.2, 0) is 10.9 Å². The SMILES string of the molecule is N#Cc1ccc(C#CCNC(=O)OCC2c3ccccc3-c3ccccc32)c(C(F)(F)F)c1. The number of rotatable bonds is 3. The fourth-order valence-electron chi connectivity index (χ4n) is 3.86. The Hall–Kier alpha value is -4.23. The van der Waals surface area contributed by atoms with Crippen molar-refractivity contribution in [2.24, 2.45) is 0 Å². The molecule has 3 aromatic rings. The Morgan fingerprint density at radius 1 is 1.00 bits per heavy atom. The maximum Gasteiger partial charge on any atom is 0.417 e. The van der Waals surface area contributed by atoms with Crippen LogP contribution in [0, 0.1) is 23.2 Å². The van der Waals surface area contributed by atoms with Crippen molar-refractivity contribution >= 4 is 6.09 Å². The predicted molar refractivity (Wildman–Crippen MR) is 116 cm³/mol. The Bertz CT molecular complexity index is 1270. The first-order valence-electron chi connectivity index (χ1n) is 10.1. The fraction of sp³-hybridized carbons (Fsp3) is 0.154. The highest BCUT2D eigenvalue weighted by molar-refractivity contribution is 5.79. The summed E-state index contributed by atoms with van der Waals surface area (Å²) in [6.07, 6.45) is -5.35. The van der Waals surface area contributed by atoms with E-state index in [4.69, 9.17) is 10.00 Å². The van der Waals surface area contributed by atoms with Gasteiger partial charge in [0.2, 0.25) is 0 Å². The van der Waals surface area contributed by atoms with E-state index in [0.29, 0.717) is 0 Å². The second-order valence-corrected chi connectivity index (χ2v) is 7.35. The summed E-state index contributed by atoms with van der Waals surface area (Å²) < 4.78 is 44.9. The Morgan fingerprint density at radius 3 is 2.24 bits per heavy atom. The molecule has 0 unspecified atom stereocenters. The van der Waals surface area contributed by atoms with Gasteiger partial charge < -0.3 is 10.1 Å². The van der Waals surface area contributed by atoms with E-state index < -0.39 is 17.8 Å². The normalized spacial score (nSPS) is 12.1. The molecule has 0 bridgehead atoms. The number of nitrogens with one attached hydrogen (secondary N) is 1. The molecule has 164 valence electrons. The molecule has 3 aromatic carbocycles. The standard InChI is InChI=1S/C26H17F3N2O2/c27-26(28,29)24-14-17(15-30)11-12-18(24)6-5-13-31-25(32)33-16-23-21-9-3-1-7-19(21)20-8-2-4-10-22(20)23/h1-4,7-12,14,23H,13,16H2,(H,31,32). The third-order valence-electron chi connectivity index (χ3n) is 5.34. The molecule has 0 aliphatic heterocycles. The molecule has 0 heterocycles. The summed E-state index contributed by atoms with van der Waals surface area (Å²) in [6, 6.07) is 20.7. The predicted octanol–water partition coefficient (Wildman–Crippen LogP) is 5.47. The van der Waals surface area contributed by atoms with Crippen LogP contribution >= 0.6 is 0 Å². The third kappa shape index (κ3) is 4.68. The number of carbonyl (C=O) groups is 1. The van der Waals surface area contributed by atoms with Crippen molar-refractivity contribution in [1.29, 1.82) is 5.26 Å². The summed E-state index contributed by atoms with van der Waals surface area (Å²) in [6.45, 7) is -0.0604. The van der Waals surface area contributed by atoms with Crippen LogP contribution in [0.25, 0.3) is 11.1 Å². The van der Waals surface area contributed by atoms with Crippen LogP contribution in [0.3, 0.4) is 0 Å². The van der Waals surface area contributed by atoms with Gasteiger partial charge in [-0.25, -0.2) is 4.79 Å². The van der Waals surface area contributed by atoms with Gasteiger partial charge in [-0.3, -0.25) is 0 Å². The first kappa shape index (κ1) is 22.0. The van der Waals surface area contributed by atoms with Gasteiger partial charge in [-0.05, 0) is 40.5 Å². The highest BCUT2D eigenvalue weighted by Gasteiger charge is 2.33. The lowest BCUT2D eigenvalue weighted by atomic mass is 9.98. The Labute approximate surface area is 188 Å². The lowest BCUT2D eigenvalue weighted by Gasteiger charge is -2.14. The number of amides is 1. The van der Waals surface area contributed by atoms with E-state index in [-0.39, 0.29) is 30.2 Å². The van der Waals surface area contributed by atoms with E-state index in [1.807, 2.05) is 48.5 Å². The number of carbonyl (C=O) groups excluding carboxylic acids is 1. The molecule has 1 N–H and O–H groups in total. The number of alkyl carbamates (subject to hydrolysis) is 1. The second-order valence-electron chi connectivity index (χ2n) is 7.35. The molecule has 4 rings (SSSR count). The number of hydrogen-bond donors (Lipinski definition) is 1. The van der Waals surface area contributed by atoms with Crippen LogP contribution in [-0.4, -0.2) is 19.2 Å². The highest BCUT2D eigenvalue weighted by Crippen LogP contribution is 2.44. The number of fused-ring (bicyclic) bond motifs is 3. The molecule has 0 spiro atoms. The van der Waals surface area contributed by atoms with Crippen LogP contribution in [0.15, 0.2) is 66.7 Å². The minimum atomic E-state index is -4.64. The average molecular weight is 446 g/mol. The molecule has 0 aromatic heterocycles. The monoisotopic (exact) mass is 446 g/mol. The Balaban J connectivity index is 1.38. The van der Waals surface area contributed by atoms with Crippen molar-refractivity contribution in [2.75, 3.05) is 13.2 Å². The number of nitriles is 1. The molecule has 1 aliphatic rings. The molecule has 0 fully saturated rings. The quantitative estimate of drug-likeness (QED) is 0.543. The number of ether oxygens (including phenoxy) is 1. The third-order valence-corrected chi connectivity index (χ3v) is 5.34. The minimum absolute atomic E-state index is 0.0952. The van der Waals surface area contributed by atoms with E-state index in [1.165, 1.54) is 6.07 Å². The van der Waals surface area contributed by atoms with E-state index in [1.54, 1.807) is 6.07 Å². The van der Waals surface area contributed by atoms with E-state index >= 15 is 0 Å². The van der Waals surface area contributed by atoms with Gasteiger partial charge in [-0.2, -0.15) is 18.4 Å². The number of alkyl halides is 3. The van der Waals surface area contributed by atoms with Gasteiger partial charge in [0.15, 0.2) is 0 Å². The zero-order valence-electron chi connectivity index (χ0n) is 17.2. The van der Waals surface area contributed by atoms with Crippen molar-refractivity contribution in [1.82, 2.24) is 5.32 Å². The molecule has 1 amide bonds. The molecule has 7 heteroatoms.